The molecule has 2 rings (SSSR count). The maximum Gasteiger partial charge on any atom is 0.0994 e. The molecule has 0 N–H and O–H groups in total. The van der Waals surface area contributed by atoms with Gasteiger partial charge in [-0.2, -0.15) is 5.26 Å². The summed E-state index contributed by atoms with van der Waals surface area (Å²) < 4.78 is 0. The number of likely N-dealkylation sites (N-methyl/N-ethyl adjacent to an activating group) is 1. The highest BCUT2D eigenvalue weighted by Gasteiger charge is 2.18. The van der Waals surface area contributed by atoms with Crippen molar-refractivity contribution in [1.29, 1.82) is 5.26 Å². The van der Waals surface area contributed by atoms with E-state index in [1.807, 2.05) is 6.07 Å². The van der Waals surface area contributed by atoms with Crippen molar-refractivity contribution in [3.8, 4) is 6.07 Å². The number of rotatable bonds is 1. The summed E-state index contributed by atoms with van der Waals surface area (Å²) in [6.45, 7) is 4.24. The average Bonchev–Trinajstić information content (AvgIpc) is 2.27. The van der Waals surface area contributed by atoms with Crippen LogP contribution in [0.4, 0.5) is 0 Å². The van der Waals surface area contributed by atoms with Gasteiger partial charge in [0.15, 0.2) is 0 Å². The molecule has 2 heteroatoms. The zero-order valence-corrected chi connectivity index (χ0v) is 9.38. The fourth-order valence-electron chi connectivity index (χ4n) is 2.31. The summed E-state index contributed by atoms with van der Waals surface area (Å²) in [5.41, 5.74) is 4.95. The van der Waals surface area contributed by atoms with Crippen LogP contribution in [-0.2, 0) is 19.4 Å². The largest absolute Gasteiger partial charge is 0.302 e. The van der Waals surface area contributed by atoms with Gasteiger partial charge in [0.2, 0.25) is 0 Å². The molecule has 0 fully saturated rings. The number of fused-ring (bicyclic) bond motifs is 1. The van der Waals surface area contributed by atoms with Crippen molar-refractivity contribution in [2.24, 2.45) is 0 Å². The molecule has 2 nitrogen and oxygen atoms in total. The Morgan fingerprint density at radius 2 is 2.20 bits per heavy atom. The van der Waals surface area contributed by atoms with E-state index in [0.29, 0.717) is 0 Å². The van der Waals surface area contributed by atoms with Crippen LogP contribution in [0, 0.1) is 11.3 Å². The lowest BCUT2D eigenvalue weighted by Gasteiger charge is -2.27. The van der Waals surface area contributed by atoms with Crippen LogP contribution < -0.4 is 0 Å². The third-order valence-corrected chi connectivity index (χ3v) is 3.20. The van der Waals surface area contributed by atoms with Crippen LogP contribution in [0.3, 0.4) is 0 Å². The molecule has 0 atom stereocenters. The van der Waals surface area contributed by atoms with Crippen LogP contribution in [-0.4, -0.2) is 18.5 Å². The Kier molecular flexibility index (Phi) is 2.75. The molecule has 15 heavy (non-hydrogen) atoms. The van der Waals surface area contributed by atoms with Crippen molar-refractivity contribution in [1.82, 2.24) is 4.90 Å². The van der Waals surface area contributed by atoms with E-state index in [2.05, 4.69) is 31.0 Å². The van der Waals surface area contributed by atoms with E-state index in [1.54, 1.807) is 0 Å². The molecule has 0 spiro atoms. The molecule has 1 heterocycles. The average molecular weight is 200 g/mol. The Balaban J connectivity index is 2.55. The molecule has 1 aliphatic rings. The normalized spacial score (nSPS) is 15.8. The molecule has 0 saturated carbocycles. The lowest BCUT2D eigenvalue weighted by molar-refractivity contribution is 0.311. The highest BCUT2D eigenvalue weighted by Crippen LogP contribution is 2.25. The Hall–Kier alpha value is -1.33. The van der Waals surface area contributed by atoms with Crippen LogP contribution in [0.25, 0.3) is 0 Å². The molecule has 0 bridgehead atoms. The van der Waals surface area contributed by atoms with Crippen LogP contribution >= 0.6 is 0 Å². The molecule has 78 valence electrons. The van der Waals surface area contributed by atoms with E-state index < -0.39 is 0 Å². The molecule has 0 radical (unpaired) electrons. The number of nitriles is 1. The van der Waals surface area contributed by atoms with Gasteiger partial charge < -0.3 is 4.90 Å². The molecule has 1 aromatic carbocycles. The Bertz CT molecular complexity index is 415. The lowest BCUT2D eigenvalue weighted by atomic mass is 9.90. The van der Waals surface area contributed by atoms with Crippen LogP contribution in [0.2, 0.25) is 0 Å². The first kappa shape index (κ1) is 10.2. The number of hydrogen-bond donors (Lipinski definition) is 0. The van der Waals surface area contributed by atoms with Gasteiger partial charge >= 0.3 is 0 Å². The fourth-order valence-corrected chi connectivity index (χ4v) is 2.31. The molecular weight excluding hydrogens is 184 g/mol. The number of benzene rings is 1. The van der Waals surface area contributed by atoms with Gasteiger partial charge in [-0.25, -0.2) is 0 Å². The first-order chi connectivity index (χ1) is 7.26. The van der Waals surface area contributed by atoms with E-state index in [4.69, 9.17) is 5.26 Å². The first-order valence-electron chi connectivity index (χ1n) is 5.48. The van der Waals surface area contributed by atoms with Crippen molar-refractivity contribution < 1.29 is 0 Å². The Labute approximate surface area is 91.1 Å². The minimum atomic E-state index is 0.871. The van der Waals surface area contributed by atoms with Crippen molar-refractivity contribution in [2.75, 3.05) is 13.6 Å². The quantitative estimate of drug-likeness (QED) is 0.694. The third kappa shape index (κ3) is 1.75. The number of hydrogen-bond acceptors (Lipinski definition) is 2. The molecule has 0 aliphatic carbocycles. The summed E-state index contributed by atoms with van der Waals surface area (Å²) in [6, 6.07) is 6.39. The van der Waals surface area contributed by atoms with Gasteiger partial charge in [0.05, 0.1) is 11.6 Å². The van der Waals surface area contributed by atoms with Crippen LogP contribution in [0.1, 0.15) is 29.2 Å². The highest BCUT2D eigenvalue weighted by molar-refractivity contribution is 5.48. The summed E-state index contributed by atoms with van der Waals surface area (Å²) in [7, 11) is 2.14. The fraction of sp³-hybridized carbons (Fsp3) is 0.462. The predicted molar refractivity (Wildman–Crippen MR) is 60.6 cm³/mol. The minimum Gasteiger partial charge on any atom is -0.302 e. The van der Waals surface area contributed by atoms with Gasteiger partial charge in [0, 0.05) is 13.1 Å². The van der Waals surface area contributed by atoms with Gasteiger partial charge in [-0.15, -0.1) is 0 Å². The smallest absolute Gasteiger partial charge is 0.0994 e. The van der Waals surface area contributed by atoms with Crippen LogP contribution in [0.5, 0.6) is 0 Å². The summed E-state index contributed by atoms with van der Waals surface area (Å²) >= 11 is 0. The Morgan fingerprint density at radius 3 is 2.87 bits per heavy atom. The van der Waals surface area contributed by atoms with Gasteiger partial charge in [-0.1, -0.05) is 13.0 Å². The predicted octanol–water partition coefficient (Wildman–Crippen LogP) is 2.11. The second-order valence-electron chi connectivity index (χ2n) is 4.18. The zero-order valence-electron chi connectivity index (χ0n) is 9.38. The van der Waals surface area contributed by atoms with Gasteiger partial charge in [-0.3, -0.25) is 0 Å². The molecular formula is C13H16N2. The highest BCUT2D eigenvalue weighted by atomic mass is 15.1. The Morgan fingerprint density at radius 1 is 1.40 bits per heavy atom. The van der Waals surface area contributed by atoms with Crippen LogP contribution in [0.15, 0.2) is 12.1 Å². The second kappa shape index (κ2) is 4.04. The van der Waals surface area contributed by atoms with Gasteiger partial charge in [0.1, 0.15) is 0 Å². The van der Waals surface area contributed by atoms with Gasteiger partial charge in [0.25, 0.3) is 0 Å². The van der Waals surface area contributed by atoms with Crippen molar-refractivity contribution >= 4 is 0 Å². The van der Waals surface area contributed by atoms with Crippen molar-refractivity contribution in [2.45, 2.75) is 26.3 Å². The monoisotopic (exact) mass is 200 g/mol. The molecule has 1 aromatic rings. The zero-order chi connectivity index (χ0) is 10.8. The van der Waals surface area contributed by atoms with Crippen molar-refractivity contribution in [3.05, 3.63) is 34.4 Å². The summed E-state index contributed by atoms with van der Waals surface area (Å²) in [5, 5.41) is 9.06. The first-order valence-corrected chi connectivity index (χ1v) is 5.48. The lowest BCUT2D eigenvalue weighted by Crippen LogP contribution is -2.28. The molecule has 0 saturated heterocycles. The van der Waals surface area contributed by atoms with E-state index in [9.17, 15) is 0 Å². The molecule has 1 aliphatic heterocycles. The number of nitrogens with zero attached hydrogens (tertiary/aromatic N) is 2. The van der Waals surface area contributed by atoms with E-state index in [0.717, 1.165) is 31.5 Å². The number of aryl methyl sites for hydroxylation is 1. The van der Waals surface area contributed by atoms with Crippen molar-refractivity contribution in [3.63, 3.8) is 0 Å². The standard InChI is InChI=1S/C13H16N2/c1-3-10-4-5-11(8-14)12-6-7-15(2)9-13(10)12/h4-5H,3,6-7,9H2,1-2H3. The van der Waals surface area contributed by atoms with E-state index >= 15 is 0 Å². The molecule has 0 amide bonds. The SMILES string of the molecule is CCc1ccc(C#N)c2c1CN(C)CC2. The summed E-state index contributed by atoms with van der Waals surface area (Å²) in [4.78, 5) is 2.32. The second-order valence-corrected chi connectivity index (χ2v) is 4.18. The maximum atomic E-state index is 9.06. The van der Waals surface area contributed by atoms with Gasteiger partial charge in [-0.05, 0) is 42.6 Å². The topological polar surface area (TPSA) is 27.0 Å². The minimum absolute atomic E-state index is 0.871. The maximum absolute atomic E-state index is 9.06. The van der Waals surface area contributed by atoms with E-state index in [1.165, 1.54) is 16.7 Å². The summed E-state index contributed by atoms with van der Waals surface area (Å²) in [6.07, 6.45) is 2.07. The molecule has 0 aromatic heterocycles. The molecule has 0 unspecified atom stereocenters. The van der Waals surface area contributed by atoms with E-state index in [-0.39, 0.29) is 0 Å². The summed E-state index contributed by atoms with van der Waals surface area (Å²) in [5.74, 6) is 0. The third-order valence-electron chi connectivity index (χ3n) is 3.20.